The van der Waals surface area contributed by atoms with E-state index in [1.54, 1.807) is 6.20 Å². The average Bonchev–Trinajstić information content (AvgIpc) is 2.60. The Morgan fingerprint density at radius 1 is 1.30 bits per heavy atom. The van der Waals surface area contributed by atoms with Gasteiger partial charge in [-0.3, -0.25) is 14.7 Å². The molecule has 0 bridgehead atoms. The maximum Gasteiger partial charge on any atom is 0.271 e. The highest BCUT2D eigenvalue weighted by atomic mass is 16.1. The minimum absolute atomic E-state index is 0.158. The van der Waals surface area contributed by atoms with Crippen molar-refractivity contribution in [2.75, 3.05) is 19.6 Å². The lowest BCUT2D eigenvalue weighted by Gasteiger charge is -2.30. The first-order chi connectivity index (χ1) is 11.2. The molecule has 2 heterocycles. The molecule has 0 radical (unpaired) electrons. The molecule has 2 aromatic rings. The number of rotatable bonds is 5. The monoisotopic (exact) mass is 310 g/mol. The molecule has 0 saturated carbocycles. The first kappa shape index (κ1) is 15.6. The summed E-state index contributed by atoms with van der Waals surface area (Å²) in [5.74, 6) is 0.231. The molecular weight excluding hydrogens is 288 g/mol. The lowest BCUT2D eigenvalue weighted by Crippen LogP contribution is -2.38. The third kappa shape index (κ3) is 4.13. The molecule has 23 heavy (non-hydrogen) atoms. The second kappa shape index (κ2) is 7.33. The second-order valence-electron chi connectivity index (χ2n) is 6.16. The molecule has 5 heteroatoms. The van der Waals surface area contributed by atoms with Gasteiger partial charge in [0.1, 0.15) is 5.69 Å². The van der Waals surface area contributed by atoms with Crippen LogP contribution in [-0.2, 0) is 13.0 Å². The Kier molecular flexibility index (Phi) is 4.98. The Hall–Kier alpha value is -2.27. The van der Waals surface area contributed by atoms with Crippen LogP contribution < -0.4 is 5.32 Å². The standard InChI is InChI=1S/C18H22N4O/c1-14(10-21-18(23)17-11-19-7-8-20-17)12-22-9-6-15-4-2-3-5-16(15)13-22/h2-5,7-8,11,14H,6,9-10,12-13H2,1H3,(H,21,23)/t14-/m0/s1. The largest absolute Gasteiger partial charge is 0.350 e. The van der Waals surface area contributed by atoms with Gasteiger partial charge in [-0.2, -0.15) is 0 Å². The summed E-state index contributed by atoms with van der Waals surface area (Å²) in [6, 6.07) is 8.64. The summed E-state index contributed by atoms with van der Waals surface area (Å²) in [4.78, 5) is 22.4. The van der Waals surface area contributed by atoms with Gasteiger partial charge in [0.2, 0.25) is 0 Å². The van der Waals surface area contributed by atoms with E-state index in [9.17, 15) is 4.79 Å². The fraction of sp³-hybridized carbons (Fsp3) is 0.389. The topological polar surface area (TPSA) is 58.1 Å². The SMILES string of the molecule is C[C@@H](CNC(=O)c1cnccn1)CN1CCc2ccccc2C1. The number of nitrogens with one attached hydrogen (secondary N) is 1. The van der Waals surface area contributed by atoms with E-state index in [2.05, 4.69) is 51.4 Å². The van der Waals surface area contributed by atoms with Gasteiger partial charge >= 0.3 is 0 Å². The minimum Gasteiger partial charge on any atom is -0.350 e. The predicted molar refractivity (Wildman–Crippen MR) is 89.0 cm³/mol. The van der Waals surface area contributed by atoms with E-state index in [0.717, 1.165) is 26.1 Å². The first-order valence-electron chi connectivity index (χ1n) is 8.05. The van der Waals surface area contributed by atoms with Crippen molar-refractivity contribution in [1.29, 1.82) is 0 Å². The minimum atomic E-state index is -0.158. The quantitative estimate of drug-likeness (QED) is 0.916. The zero-order chi connectivity index (χ0) is 16.1. The van der Waals surface area contributed by atoms with Crippen molar-refractivity contribution in [3.8, 4) is 0 Å². The molecule has 1 aliphatic heterocycles. The molecule has 3 rings (SSSR count). The Bertz CT molecular complexity index is 659. The smallest absolute Gasteiger partial charge is 0.271 e. The summed E-state index contributed by atoms with van der Waals surface area (Å²) < 4.78 is 0. The first-order valence-corrected chi connectivity index (χ1v) is 8.05. The van der Waals surface area contributed by atoms with E-state index >= 15 is 0 Å². The van der Waals surface area contributed by atoms with Crippen molar-refractivity contribution in [1.82, 2.24) is 20.2 Å². The van der Waals surface area contributed by atoms with Gasteiger partial charge < -0.3 is 5.32 Å². The van der Waals surface area contributed by atoms with Gasteiger partial charge in [0.15, 0.2) is 0 Å². The Morgan fingerprint density at radius 2 is 2.13 bits per heavy atom. The number of benzene rings is 1. The number of amides is 1. The van der Waals surface area contributed by atoms with Gasteiger partial charge in [-0.15, -0.1) is 0 Å². The molecule has 1 aromatic carbocycles. The predicted octanol–water partition coefficient (Wildman–Crippen LogP) is 1.90. The average molecular weight is 310 g/mol. The summed E-state index contributed by atoms with van der Waals surface area (Å²) in [6.07, 6.45) is 5.69. The molecule has 1 atom stereocenters. The number of carbonyl (C=O) groups excluding carboxylic acids is 1. The highest BCUT2D eigenvalue weighted by Crippen LogP contribution is 2.19. The summed E-state index contributed by atoms with van der Waals surface area (Å²) in [5, 5.41) is 2.94. The molecule has 120 valence electrons. The summed E-state index contributed by atoms with van der Waals surface area (Å²) in [5.41, 5.74) is 3.26. The van der Waals surface area contributed by atoms with Crippen LogP contribution in [0.25, 0.3) is 0 Å². The number of nitrogens with zero attached hydrogens (tertiary/aromatic N) is 3. The van der Waals surface area contributed by atoms with Crippen LogP contribution in [0.2, 0.25) is 0 Å². The molecule has 0 aliphatic carbocycles. The zero-order valence-electron chi connectivity index (χ0n) is 13.4. The third-order valence-electron chi connectivity index (χ3n) is 4.19. The molecule has 0 spiro atoms. The Balaban J connectivity index is 1.47. The van der Waals surface area contributed by atoms with Crippen LogP contribution in [0.5, 0.6) is 0 Å². The summed E-state index contributed by atoms with van der Waals surface area (Å²) in [6.45, 7) is 5.87. The maximum absolute atomic E-state index is 12.0. The van der Waals surface area contributed by atoms with Crippen LogP contribution in [-0.4, -0.2) is 40.4 Å². The van der Waals surface area contributed by atoms with Crippen LogP contribution in [0.4, 0.5) is 0 Å². The number of hydrogen-bond acceptors (Lipinski definition) is 4. The van der Waals surface area contributed by atoms with Crippen LogP contribution in [0.3, 0.4) is 0 Å². The number of fused-ring (bicyclic) bond motifs is 1. The fourth-order valence-electron chi connectivity index (χ4n) is 2.99. The third-order valence-corrected chi connectivity index (χ3v) is 4.19. The molecule has 0 saturated heterocycles. The number of aromatic nitrogens is 2. The highest BCUT2D eigenvalue weighted by Gasteiger charge is 2.18. The molecule has 0 fully saturated rings. The van der Waals surface area contributed by atoms with E-state index < -0.39 is 0 Å². The van der Waals surface area contributed by atoms with E-state index in [-0.39, 0.29) is 5.91 Å². The maximum atomic E-state index is 12.0. The van der Waals surface area contributed by atoms with E-state index in [0.29, 0.717) is 18.2 Å². The number of carbonyl (C=O) groups is 1. The molecular formula is C18H22N4O. The van der Waals surface area contributed by atoms with E-state index in [1.165, 1.54) is 23.5 Å². The Labute approximate surface area is 136 Å². The zero-order valence-corrected chi connectivity index (χ0v) is 13.4. The van der Waals surface area contributed by atoms with Crippen LogP contribution in [0.15, 0.2) is 42.9 Å². The van der Waals surface area contributed by atoms with Crippen molar-refractivity contribution < 1.29 is 4.79 Å². The van der Waals surface area contributed by atoms with Gasteiger partial charge in [-0.25, -0.2) is 4.98 Å². The van der Waals surface area contributed by atoms with Gasteiger partial charge in [0.05, 0.1) is 6.20 Å². The molecule has 1 N–H and O–H groups in total. The molecule has 0 unspecified atom stereocenters. The van der Waals surface area contributed by atoms with Gasteiger partial charge in [-0.05, 0) is 23.5 Å². The van der Waals surface area contributed by atoms with Crippen molar-refractivity contribution in [2.45, 2.75) is 19.9 Å². The van der Waals surface area contributed by atoms with Gasteiger partial charge in [0, 0.05) is 38.6 Å². The van der Waals surface area contributed by atoms with Crippen LogP contribution in [0, 0.1) is 5.92 Å². The lowest BCUT2D eigenvalue weighted by molar-refractivity contribution is 0.0937. The van der Waals surface area contributed by atoms with E-state index in [4.69, 9.17) is 0 Å². The van der Waals surface area contributed by atoms with E-state index in [1.807, 2.05) is 0 Å². The lowest BCUT2D eigenvalue weighted by atomic mass is 9.99. The van der Waals surface area contributed by atoms with Crippen molar-refractivity contribution in [2.24, 2.45) is 5.92 Å². The summed E-state index contributed by atoms with van der Waals surface area (Å²) in [7, 11) is 0. The van der Waals surface area contributed by atoms with Crippen molar-refractivity contribution in [3.63, 3.8) is 0 Å². The van der Waals surface area contributed by atoms with Crippen molar-refractivity contribution >= 4 is 5.91 Å². The van der Waals surface area contributed by atoms with Gasteiger partial charge in [0.25, 0.3) is 5.91 Å². The molecule has 1 amide bonds. The molecule has 1 aliphatic rings. The van der Waals surface area contributed by atoms with Gasteiger partial charge in [-0.1, -0.05) is 31.2 Å². The highest BCUT2D eigenvalue weighted by molar-refractivity contribution is 5.91. The molecule has 5 nitrogen and oxygen atoms in total. The summed E-state index contributed by atoms with van der Waals surface area (Å²) >= 11 is 0. The number of hydrogen-bond donors (Lipinski definition) is 1. The fourth-order valence-corrected chi connectivity index (χ4v) is 2.99. The normalized spacial score (nSPS) is 15.7. The van der Waals surface area contributed by atoms with Crippen molar-refractivity contribution in [3.05, 3.63) is 59.7 Å². The van der Waals surface area contributed by atoms with Crippen LogP contribution >= 0.6 is 0 Å². The second-order valence-corrected chi connectivity index (χ2v) is 6.16. The Morgan fingerprint density at radius 3 is 2.91 bits per heavy atom. The van der Waals surface area contributed by atoms with Crippen LogP contribution in [0.1, 0.15) is 28.5 Å². The molecule has 1 aromatic heterocycles.